The molecule has 4 heteroatoms. The van der Waals surface area contributed by atoms with Crippen LogP contribution in [-0.2, 0) is 9.53 Å². The van der Waals surface area contributed by atoms with Gasteiger partial charge in [-0.3, -0.25) is 9.59 Å². The summed E-state index contributed by atoms with van der Waals surface area (Å²) in [6.45, 7) is 7.93. The molecule has 0 N–H and O–H groups in total. The molecule has 22 heavy (non-hydrogen) atoms. The lowest BCUT2D eigenvalue weighted by Gasteiger charge is -2.51. The second-order valence-electron chi connectivity index (χ2n) is 7.29. The van der Waals surface area contributed by atoms with Gasteiger partial charge in [0.15, 0.2) is 5.76 Å². The van der Waals surface area contributed by atoms with Crippen molar-refractivity contribution in [3.8, 4) is 0 Å². The van der Waals surface area contributed by atoms with Gasteiger partial charge in [-0.15, -0.1) is 0 Å². The lowest BCUT2D eigenvalue weighted by Crippen LogP contribution is -2.50. The third kappa shape index (κ3) is 2.03. The number of furan rings is 1. The second-order valence-corrected chi connectivity index (χ2v) is 7.29. The molecule has 2 aliphatic rings. The predicted octanol–water partition coefficient (Wildman–Crippen LogP) is 4.16. The van der Waals surface area contributed by atoms with Crippen LogP contribution >= 0.6 is 0 Å². The summed E-state index contributed by atoms with van der Waals surface area (Å²) in [5, 5.41) is 0. The predicted molar refractivity (Wildman–Crippen MR) is 81.3 cm³/mol. The third-order valence-corrected chi connectivity index (χ3v) is 5.73. The minimum atomic E-state index is -0.394. The molecule has 4 atom stereocenters. The first kappa shape index (κ1) is 15.3. The van der Waals surface area contributed by atoms with Crippen LogP contribution in [0, 0.1) is 23.2 Å². The summed E-state index contributed by atoms with van der Waals surface area (Å²) in [7, 11) is 0. The Balaban J connectivity index is 2.09. The molecule has 4 unspecified atom stereocenters. The van der Waals surface area contributed by atoms with Crippen LogP contribution in [-0.4, -0.2) is 11.8 Å². The number of fused-ring (bicyclic) bond motifs is 2. The third-order valence-electron chi connectivity index (χ3n) is 5.73. The molecule has 1 heterocycles. The molecular formula is C18H24O4. The summed E-state index contributed by atoms with van der Waals surface area (Å²) in [6.07, 6.45) is 4.07. The SMILES string of the molecule is CC(C)C(=O)OC1c2ccoc2C(=O)C2CCCC(C)C21C. The van der Waals surface area contributed by atoms with Crippen LogP contribution in [0.15, 0.2) is 16.7 Å². The van der Waals surface area contributed by atoms with Crippen molar-refractivity contribution in [1.29, 1.82) is 0 Å². The lowest BCUT2D eigenvalue weighted by atomic mass is 9.54. The van der Waals surface area contributed by atoms with Crippen LogP contribution in [0.3, 0.4) is 0 Å². The number of hydrogen-bond donors (Lipinski definition) is 0. The van der Waals surface area contributed by atoms with Crippen molar-refractivity contribution < 1.29 is 18.7 Å². The van der Waals surface area contributed by atoms with Gasteiger partial charge in [-0.25, -0.2) is 0 Å². The van der Waals surface area contributed by atoms with Gasteiger partial charge in [0.2, 0.25) is 5.78 Å². The summed E-state index contributed by atoms with van der Waals surface area (Å²) >= 11 is 0. The van der Waals surface area contributed by atoms with Crippen LogP contribution in [0.25, 0.3) is 0 Å². The first-order valence-electron chi connectivity index (χ1n) is 8.19. The quantitative estimate of drug-likeness (QED) is 0.770. The van der Waals surface area contributed by atoms with Crippen LogP contribution in [0.2, 0.25) is 0 Å². The molecule has 4 nitrogen and oxygen atoms in total. The number of hydrogen-bond acceptors (Lipinski definition) is 4. The van der Waals surface area contributed by atoms with E-state index in [4.69, 9.17) is 9.15 Å². The van der Waals surface area contributed by atoms with Crippen molar-refractivity contribution >= 4 is 11.8 Å². The fourth-order valence-electron chi connectivity index (χ4n) is 4.11. The fraction of sp³-hybridized carbons (Fsp3) is 0.667. The van der Waals surface area contributed by atoms with Crippen molar-refractivity contribution in [2.45, 2.75) is 53.1 Å². The molecule has 1 saturated carbocycles. The summed E-state index contributed by atoms with van der Waals surface area (Å²) in [4.78, 5) is 25.0. The standard InChI is InChI=1S/C18H24O4/c1-10(2)17(20)22-16-12-8-9-21-15(12)14(19)13-7-5-6-11(3)18(13,16)4/h8-11,13,16H,5-7H2,1-4H3. The van der Waals surface area contributed by atoms with E-state index in [0.717, 1.165) is 24.8 Å². The molecule has 0 bridgehead atoms. The first-order chi connectivity index (χ1) is 10.4. The highest BCUT2D eigenvalue weighted by Crippen LogP contribution is 2.58. The zero-order valence-corrected chi connectivity index (χ0v) is 13.7. The number of rotatable bonds is 2. The lowest BCUT2D eigenvalue weighted by molar-refractivity contribution is -0.169. The molecule has 1 aromatic heterocycles. The number of ketones is 1. The van der Waals surface area contributed by atoms with E-state index in [0.29, 0.717) is 11.7 Å². The molecule has 0 radical (unpaired) electrons. The number of Topliss-reactive ketones (excluding diaryl/α,β-unsaturated/α-hetero) is 1. The summed E-state index contributed by atoms with van der Waals surface area (Å²) < 4.78 is 11.3. The van der Waals surface area contributed by atoms with Crippen molar-refractivity contribution in [2.24, 2.45) is 23.2 Å². The molecular weight excluding hydrogens is 280 g/mol. The van der Waals surface area contributed by atoms with Gasteiger partial charge < -0.3 is 9.15 Å². The van der Waals surface area contributed by atoms with Gasteiger partial charge in [0.1, 0.15) is 6.10 Å². The Morgan fingerprint density at radius 2 is 2.14 bits per heavy atom. The largest absolute Gasteiger partial charge is 0.461 e. The zero-order chi connectivity index (χ0) is 16.1. The molecule has 1 aromatic rings. The Hall–Kier alpha value is -1.58. The van der Waals surface area contributed by atoms with Crippen LogP contribution in [0.4, 0.5) is 0 Å². The van der Waals surface area contributed by atoms with Crippen molar-refractivity contribution in [3.63, 3.8) is 0 Å². The van der Waals surface area contributed by atoms with Gasteiger partial charge in [-0.1, -0.05) is 34.1 Å². The number of carbonyl (C=O) groups is 2. The van der Waals surface area contributed by atoms with Crippen molar-refractivity contribution in [2.75, 3.05) is 0 Å². The number of ether oxygens (including phenoxy) is 1. The molecule has 0 spiro atoms. The van der Waals surface area contributed by atoms with E-state index in [1.807, 2.05) is 13.8 Å². The minimum Gasteiger partial charge on any atom is -0.461 e. The number of carbonyl (C=O) groups excluding carboxylic acids is 2. The molecule has 2 aliphatic carbocycles. The normalized spacial score (nSPS) is 34.2. The van der Waals surface area contributed by atoms with Gasteiger partial charge >= 0.3 is 5.97 Å². The van der Waals surface area contributed by atoms with Crippen molar-refractivity contribution in [1.82, 2.24) is 0 Å². The number of esters is 1. The molecule has 0 aromatic carbocycles. The van der Waals surface area contributed by atoms with Gasteiger partial charge in [-0.05, 0) is 24.8 Å². The fourth-order valence-corrected chi connectivity index (χ4v) is 4.11. The highest BCUT2D eigenvalue weighted by atomic mass is 16.5. The molecule has 120 valence electrons. The zero-order valence-electron chi connectivity index (χ0n) is 13.7. The maximum atomic E-state index is 12.8. The Kier molecular flexibility index (Phi) is 3.66. The van der Waals surface area contributed by atoms with E-state index < -0.39 is 6.10 Å². The Labute approximate surface area is 131 Å². The van der Waals surface area contributed by atoms with E-state index in [1.165, 1.54) is 6.26 Å². The Bertz CT molecular complexity index is 600. The van der Waals surface area contributed by atoms with E-state index >= 15 is 0 Å². The minimum absolute atomic E-state index is 0.0749. The highest BCUT2D eigenvalue weighted by molar-refractivity contribution is 5.99. The van der Waals surface area contributed by atoms with Gasteiger partial charge in [0.05, 0.1) is 12.2 Å². The molecule has 0 saturated heterocycles. The average molecular weight is 304 g/mol. The van der Waals surface area contributed by atoms with E-state index in [1.54, 1.807) is 6.07 Å². The van der Waals surface area contributed by atoms with Crippen LogP contribution in [0.1, 0.15) is 69.2 Å². The van der Waals surface area contributed by atoms with Crippen molar-refractivity contribution in [3.05, 3.63) is 23.7 Å². The summed E-state index contributed by atoms with van der Waals surface area (Å²) in [6, 6.07) is 1.79. The van der Waals surface area contributed by atoms with E-state index in [2.05, 4.69) is 13.8 Å². The molecule has 3 rings (SSSR count). The van der Waals surface area contributed by atoms with Gasteiger partial charge in [0.25, 0.3) is 0 Å². The van der Waals surface area contributed by atoms with Gasteiger partial charge in [-0.2, -0.15) is 0 Å². The maximum Gasteiger partial charge on any atom is 0.309 e. The smallest absolute Gasteiger partial charge is 0.309 e. The van der Waals surface area contributed by atoms with Crippen LogP contribution < -0.4 is 0 Å². The second kappa shape index (κ2) is 5.25. The summed E-state index contributed by atoms with van der Waals surface area (Å²) in [5.41, 5.74) is 0.392. The average Bonchev–Trinajstić information content (AvgIpc) is 2.95. The van der Waals surface area contributed by atoms with E-state index in [-0.39, 0.29) is 29.0 Å². The molecule has 0 aliphatic heterocycles. The van der Waals surface area contributed by atoms with Crippen LogP contribution in [0.5, 0.6) is 0 Å². The monoisotopic (exact) mass is 304 g/mol. The summed E-state index contributed by atoms with van der Waals surface area (Å²) in [5.74, 6) is 0.255. The Morgan fingerprint density at radius 3 is 2.82 bits per heavy atom. The maximum absolute atomic E-state index is 12.8. The van der Waals surface area contributed by atoms with E-state index in [9.17, 15) is 9.59 Å². The Morgan fingerprint density at radius 1 is 1.41 bits per heavy atom. The topological polar surface area (TPSA) is 56.5 Å². The highest BCUT2D eigenvalue weighted by Gasteiger charge is 2.57. The molecule has 1 fully saturated rings. The first-order valence-corrected chi connectivity index (χ1v) is 8.19. The molecule has 0 amide bonds. The van der Waals surface area contributed by atoms with Gasteiger partial charge in [0, 0.05) is 16.9 Å².